The average molecular weight is 501 g/mol. The van der Waals surface area contributed by atoms with Crippen LogP contribution in [0.15, 0.2) is 60.9 Å². The standard InChI is InChI=1S/C24H22F3N5O4/c1-23(2,34)20(14-7-9-15(10-8-14)36-24(25,26)27)31-22(33)16-13-28-32-12-11-18(30-21(16)32)17-5-4-6-19(29-17)35-3/h4-13,20,34H,1-3H3,(H,31,33)/t20-/m0/s1. The molecule has 1 amide bonds. The molecule has 0 aliphatic rings. The lowest BCUT2D eigenvalue weighted by molar-refractivity contribution is -0.274. The number of pyridine rings is 1. The monoisotopic (exact) mass is 501 g/mol. The Morgan fingerprint density at radius 3 is 2.39 bits per heavy atom. The zero-order valence-corrected chi connectivity index (χ0v) is 19.4. The van der Waals surface area contributed by atoms with Crippen molar-refractivity contribution in [3.05, 3.63) is 72.1 Å². The molecule has 4 rings (SSSR count). The summed E-state index contributed by atoms with van der Waals surface area (Å²) < 4.78 is 47.9. The summed E-state index contributed by atoms with van der Waals surface area (Å²) in [6.07, 6.45) is -1.87. The highest BCUT2D eigenvalue weighted by molar-refractivity contribution is 6.00. The highest BCUT2D eigenvalue weighted by atomic mass is 19.4. The van der Waals surface area contributed by atoms with Gasteiger partial charge in [0, 0.05) is 12.3 Å². The number of carbonyl (C=O) groups excluding carboxylic acids is 1. The lowest BCUT2D eigenvalue weighted by atomic mass is 9.91. The molecule has 0 fully saturated rings. The molecule has 3 heterocycles. The largest absolute Gasteiger partial charge is 0.573 e. The maximum absolute atomic E-state index is 13.2. The van der Waals surface area contributed by atoms with Gasteiger partial charge in [-0.15, -0.1) is 13.2 Å². The number of ether oxygens (including phenoxy) is 2. The summed E-state index contributed by atoms with van der Waals surface area (Å²) in [6.45, 7) is 2.94. The van der Waals surface area contributed by atoms with Crippen LogP contribution in [-0.2, 0) is 0 Å². The van der Waals surface area contributed by atoms with Crippen LogP contribution in [0.4, 0.5) is 13.2 Å². The second kappa shape index (κ2) is 9.46. The summed E-state index contributed by atoms with van der Waals surface area (Å²) in [7, 11) is 1.50. The van der Waals surface area contributed by atoms with E-state index in [0.29, 0.717) is 22.8 Å². The number of nitrogens with one attached hydrogen (secondary N) is 1. The lowest BCUT2D eigenvalue weighted by Gasteiger charge is -2.30. The van der Waals surface area contributed by atoms with Crippen LogP contribution in [0.25, 0.3) is 17.0 Å². The van der Waals surface area contributed by atoms with Crippen molar-refractivity contribution in [3.63, 3.8) is 0 Å². The van der Waals surface area contributed by atoms with E-state index < -0.39 is 29.7 Å². The van der Waals surface area contributed by atoms with Gasteiger partial charge in [-0.2, -0.15) is 5.10 Å². The number of benzene rings is 1. The first kappa shape index (κ1) is 24.9. The minimum atomic E-state index is -4.83. The average Bonchev–Trinajstić information content (AvgIpc) is 3.25. The molecule has 3 aromatic heterocycles. The molecule has 0 saturated heterocycles. The molecule has 0 saturated carbocycles. The highest BCUT2D eigenvalue weighted by Gasteiger charge is 2.33. The van der Waals surface area contributed by atoms with E-state index in [0.717, 1.165) is 12.1 Å². The minimum absolute atomic E-state index is 0.131. The predicted octanol–water partition coefficient (Wildman–Crippen LogP) is 3.94. The van der Waals surface area contributed by atoms with Gasteiger partial charge < -0.3 is 19.9 Å². The molecule has 2 N–H and O–H groups in total. The van der Waals surface area contributed by atoms with Gasteiger partial charge in [-0.3, -0.25) is 4.79 Å². The molecule has 36 heavy (non-hydrogen) atoms. The van der Waals surface area contributed by atoms with Crippen LogP contribution in [0.3, 0.4) is 0 Å². The van der Waals surface area contributed by atoms with Crippen LogP contribution < -0.4 is 14.8 Å². The topological polar surface area (TPSA) is 111 Å². The molecule has 9 nitrogen and oxygen atoms in total. The van der Waals surface area contributed by atoms with Crippen LogP contribution in [-0.4, -0.2) is 49.7 Å². The SMILES string of the molecule is COc1cccc(-c2ccn3ncc(C(=O)N[C@@H](c4ccc(OC(F)(F)F)cc4)C(C)(C)O)c3n2)n1. The van der Waals surface area contributed by atoms with Crippen molar-refractivity contribution in [3.8, 4) is 23.0 Å². The molecule has 4 aromatic rings. The second-order valence-electron chi connectivity index (χ2n) is 8.38. The Balaban J connectivity index is 1.63. The van der Waals surface area contributed by atoms with E-state index in [1.807, 2.05) is 0 Å². The Bertz CT molecular complexity index is 1380. The zero-order chi connectivity index (χ0) is 26.1. The fraction of sp³-hybridized carbons (Fsp3) is 0.250. The van der Waals surface area contributed by atoms with E-state index in [-0.39, 0.29) is 11.2 Å². The molecule has 0 bridgehead atoms. The number of hydrogen-bond acceptors (Lipinski definition) is 7. The number of halogens is 3. The Kier molecular flexibility index (Phi) is 6.55. The molecule has 0 spiro atoms. The Morgan fingerprint density at radius 1 is 1.06 bits per heavy atom. The third kappa shape index (κ3) is 5.54. The van der Waals surface area contributed by atoms with Gasteiger partial charge in [-0.25, -0.2) is 14.5 Å². The number of fused-ring (bicyclic) bond motifs is 1. The van der Waals surface area contributed by atoms with Crippen molar-refractivity contribution >= 4 is 11.6 Å². The van der Waals surface area contributed by atoms with Gasteiger partial charge in [-0.05, 0) is 43.7 Å². The molecular weight excluding hydrogens is 479 g/mol. The van der Waals surface area contributed by atoms with Crippen LogP contribution in [0.2, 0.25) is 0 Å². The number of rotatable bonds is 7. The summed E-state index contributed by atoms with van der Waals surface area (Å²) >= 11 is 0. The number of alkyl halides is 3. The van der Waals surface area contributed by atoms with E-state index in [9.17, 15) is 23.1 Å². The summed E-state index contributed by atoms with van der Waals surface area (Å²) in [6, 6.07) is 10.8. The maximum atomic E-state index is 13.2. The van der Waals surface area contributed by atoms with E-state index in [1.54, 1.807) is 30.5 Å². The van der Waals surface area contributed by atoms with Crippen LogP contribution in [0.1, 0.15) is 35.8 Å². The van der Waals surface area contributed by atoms with Gasteiger partial charge in [0.25, 0.3) is 5.91 Å². The molecule has 188 valence electrons. The first-order valence-electron chi connectivity index (χ1n) is 10.7. The van der Waals surface area contributed by atoms with Gasteiger partial charge >= 0.3 is 6.36 Å². The fourth-order valence-electron chi connectivity index (χ4n) is 3.58. The minimum Gasteiger partial charge on any atom is -0.481 e. The van der Waals surface area contributed by atoms with Crippen LogP contribution in [0, 0.1) is 0 Å². The first-order chi connectivity index (χ1) is 16.9. The number of aromatic nitrogens is 4. The van der Waals surface area contributed by atoms with Crippen molar-refractivity contribution in [2.24, 2.45) is 0 Å². The molecular formula is C24H22F3N5O4. The second-order valence-corrected chi connectivity index (χ2v) is 8.38. The molecule has 0 aliphatic heterocycles. The Labute approximate surface area is 203 Å². The van der Waals surface area contributed by atoms with Gasteiger partial charge in [-0.1, -0.05) is 18.2 Å². The summed E-state index contributed by atoms with van der Waals surface area (Å²) in [5, 5.41) is 17.6. The van der Waals surface area contributed by atoms with Gasteiger partial charge in [0.15, 0.2) is 5.65 Å². The quantitative estimate of drug-likeness (QED) is 0.395. The summed E-state index contributed by atoms with van der Waals surface area (Å²) in [4.78, 5) is 22.1. The highest BCUT2D eigenvalue weighted by Crippen LogP contribution is 2.30. The molecule has 1 atom stereocenters. The number of amides is 1. The first-order valence-corrected chi connectivity index (χ1v) is 10.7. The summed E-state index contributed by atoms with van der Waals surface area (Å²) in [5.74, 6) is -0.603. The number of hydrogen-bond donors (Lipinski definition) is 2. The van der Waals surface area contributed by atoms with Gasteiger partial charge in [0.05, 0.1) is 36.3 Å². The van der Waals surface area contributed by atoms with Crippen LogP contribution >= 0.6 is 0 Å². The number of aliphatic hydroxyl groups is 1. The van der Waals surface area contributed by atoms with E-state index in [1.165, 1.54) is 43.8 Å². The number of methoxy groups -OCH3 is 1. The summed E-state index contributed by atoms with van der Waals surface area (Å²) in [5.41, 5.74) is 0.295. The third-order valence-corrected chi connectivity index (χ3v) is 5.24. The van der Waals surface area contributed by atoms with Gasteiger partial charge in [0.1, 0.15) is 11.3 Å². The molecule has 0 unspecified atom stereocenters. The molecule has 12 heteroatoms. The zero-order valence-electron chi connectivity index (χ0n) is 19.4. The van der Waals surface area contributed by atoms with Crippen molar-refractivity contribution < 1.29 is 32.5 Å². The van der Waals surface area contributed by atoms with Crippen molar-refractivity contribution in [2.75, 3.05) is 7.11 Å². The number of nitrogens with zero attached hydrogens (tertiary/aromatic N) is 4. The molecule has 0 aliphatic carbocycles. The normalized spacial score (nSPS) is 12.9. The van der Waals surface area contributed by atoms with Crippen LogP contribution in [0.5, 0.6) is 11.6 Å². The predicted molar refractivity (Wildman–Crippen MR) is 122 cm³/mol. The van der Waals surface area contributed by atoms with Crippen molar-refractivity contribution in [2.45, 2.75) is 31.9 Å². The van der Waals surface area contributed by atoms with Crippen molar-refractivity contribution in [1.29, 1.82) is 0 Å². The van der Waals surface area contributed by atoms with Crippen molar-refractivity contribution in [1.82, 2.24) is 24.9 Å². The molecule has 1 aromatic carbocycles. The Morgan fingerprint density at radius 2 is 1.75 bits per heavy atom. The maximum Gasteiger partial charge on any atom is 0.573 e. The smallest absolute Gasteiger partial charge is 0.481 e. The van der Waals surface area contributed by atoms with E-state index in [4.69, 9.17) is 4.74 Å². The third-order valence-electron chi connectivity index (χ3n) is 5.24. The number of carbonyl (C=O) groups is 1. The fourth-order valence-corrected chi connectivity index (χ4v) is 3.58. The molecule has 0 radical (unpaired) electrons. The van der Waals surface area contributed by atoms with E-state index in [2.05, 4.69) is 25.1 Å². The Hall–Kier alpha value is -4.19. The van der Waals surface area contributed by atoms with E-state index >= 15 is 0 Å². The lowest BCUT2D eigenvalue weighted by Crippen LogP contribution is -2.42. The van der Waals surface area contributed by atoms with Gasteiger partial charge in [0.2, 0.25) is 5.88 Å².